The van der Waals surface area contributed by atoms with Crippen LogP contribution in [0.25, 0.3) is 0 Å². The summed E-state index contributed by atoms with van der Waals surface area (Å²) in [5.41, 5.74) is 0.210. The van der Waals surface area contributed by atoms with E-state index < -0.39 is 5.82 Å². The summed E-state index contributed by atoms with van der Waals surface area (Å²) in [6, 6.07) is 3.51. The fourth-order valence-corrected chi connectivity index (χ4v) is 2.18. The number of rotatable bonds is 3. The first kappa shape index (κ1) is 12.9. The molecule has 1 aliphatic carbocycles. The zero-order chi connectivity index (χ0) is 13.5. The van der Waals surface area contributed by atoms with Gasteiger partial charge in [-0.3, -0.25) is 4.79 Å². The SMILES string of the molecule is CN(CC1CC1(C)C)C(=O)c1cc(O)ccc1F. The largest absolute Gasteiger partial charge is 0.508 e. The molecule has 2 rings (SSSR count). The number of carbonyl (C=O) groups is 1. The number of phenols is 1. The van der Waals surface area contributed by atoms with E-state index in [1.807, 2.05) is 0 Å². The normalized spacial score (nSPS) is 20.6. The third-order valence-corrected chi connectivity index (χ3v) is 3.74. The Labute approximate surface area is 106 Å². The van der Waals surface area contributed by atoms with Crippen molar-refractivity contribution in [2.75, 3.05) is 13.6 Å². The Balaban J connectivity index is 2.08. The van der Waals surface area contributed by atoms with E-state index in [1.165, 1.54) is 17.0 Å². The van der Waals surface area contributed by atoms with Gasteiger partial charge in [-0.15, -0.1) is 0 Å². The summed E-state index contributed by atoms with van der Waals surface area (Å²) in [4.78, 5) is 13.6. The van der Waals surface area contributed by atoms with E-state index in [0.29, 0.717) is 12.5 Å². The number of aromatic hydroxyl groups is 1. The molecular weight excluding hydrogens is 233 g/mol. The Morgan fingerprint density at radius 3 is 2.72 bits per heavy atom. The van der Waals surface area contributed by atoms with Gasteiger partial charge in [-0.05, 0) is 36.0 Å². The molecule has 0 radical (unpaired) electrons. The van der Waals surface area contributed by atoms with Crippen LogP contribution >= 0.6 is 0 Å². The lowest BCUT2D eigenvalue weighted by atomic mass is 10.1. The van der Waals surface area contributed by atoms with Gasteiger partial charge >= 0.3 is 0 Å². The summed E-state index contributed by atoms with van der Waals surface area (Å²) < 4.78 is 13.5. The summed E-state index contributed by atoms with van der Waals surface area (Å²) >= 11 is 0. The first-order chi connectivity index (χ1) is 8.31. The lowest BCUT2D eigenvalue weighted by Gasteiger charge is -2.18. The van der Waals surface area contributed by atoms with Gasteiger partial charge < -0.3 is 10.0 Å². The summed E-state index contributed by atoms with van der Waals surface area (Å²) in [5.74, 6) is -0.600. The van der Waals surface area contributed by atoms with Gasteiger partial charge in [-0.1, -0.05) is 13.8 Å². The second kappa shape index (κ2) is 4.26. The molecule has 1 fully saturated rings. The van der Waals surface area contributed by atoms with Crippen LogP contribution in [0.5, 0.6) is 5.75 Å². The van der Waals surface area contributed by atoms with Crippen molar-refractivity contribution in [2.24, 2.45) is 11.3 Å². The zero-order valence-electron chi connectivity index (χ0n) is 10.9. The van der Waals surface area contributed by atoms with Crippen molar-refractivity contribution < 1.29 is 14.3 Å². The fraction of sp³-hybridized carbons (Fsp3) is 0.500. The van der Waals surface area contributed by atoms with Crippen LogP contribution in [0, 0.1) is 17.2 Å². The van der Waals surface area contributed by atoms with Crippen molar-refractivity contribution in [3.8, 4) is 5.75 Å². The number of nitrogens with zero attached hydrogens (tertiary/aromatic N) is 1. The average molecular weight is 251 g/mol. The summed E-state index contributed by atoms with van der Waals surface area (Å²) in [5, 5.41) is 9.31. The molecule has 3 nitrogen and oxygen atoms in total. The van der Waals surface area contributed by atoms with Crippen LogP contribution in [0.2, 0.25) is 0 Å². The van der Waals surface area contributed by atoms with E-state index in [4.69, 9.17) is 0 Å². The number of benzene rings is 1. The standard InChI is InChI=1S/C14H18FNO2/c1-14(2)7-9(14)8-16(3)13(18)11-6-10(17)4-5-12(11)15/h4-6,9,17H,7-8H2,1-3H3. The fourth-order valence-electron chi connectivity index (χ4n) is 2.18. The smallest absolute Gasteiger partial charge is 0.256 e. The lowest BCUT2D eigenvalue weighted by molar-refractivity contribution is 0.0779. The first-order valence-electron chi connectivity index (χ1n) is 6.05. The van der Waals surface area contributed by atoms with Crippen LogP contribution in [-0.4, -0.2) is 29.5 Å². The monoisotopic (exact) mass is 251 g/mol. The van der Waals surface area contributed by atoms with E-state index >= 15 is 0 Å². The molecule has 1 aliphatic rings. The maximum atomic E-state index is 13.5. The Bertz CT molecular complexity index is 485. The van der Waals surface area contributed by atoms with Crippen molar-refractivity contribution in [1.82, 2.24) is 4.90 Å². The molecule has 1 aromatic carbocycles. The Morgan fingerprint density at radius 1 is 1.56 bits per heavy atom. The minimum atomic E-state index is -0.597. The van der Waals surface area contributed by atoms with Crippen LogP contribution < -0.4 is 0 Å². The molecule has 18 heavy (non-hydrogen) atoms. The van der Waals surface area contributed by atoms with Gasteiger partial charge in [0.05, 0.1) is 5.56 Å². The van der Waals surface area contributed by atoms with Crippen molar-refractivity contribution in [3.63, 3.8) is 0 Å². The predicted molar refractivity (Wildman–Crippen MR) is 66.9 cm³/mol. The average Bonchev–Trinajstić information content (AvgIpc) is 2.88. The molecule has 4 heteroatoms. The van der Waals surface area contributed by atoms with Crippen molar-refractivity contribution in [3.05, 3.63) is 29.6 Å². The molecule has 0 spiro atoms. The highest BCUT2D eigenvalue weighted by Crippen LogP contribution is 2.51. The Hall–Kier alpha value is -1.58. The maximum absolute atomic E-state index is 13.5. The summed E-state index contributed by atoms with van der Waals surface area (Å²) in [6.07, 6.45) is 1.09. The van der Waals surface area contributed by atoms with E-state index in [9.17, 15) is 14.3 Å². The first-order valence-corrected chi connectivity index (χ1v) is 6.05. The summed E-state index contributed by atoms with van der Waals surface area (Å²) in [7, 11) is 1.67. The number of hydrogen-bond acceptors (Lipinski definition) is 2. The van der Waals surface area contributed by atoms with Crippen molar-refractivity contribution >= 4 is 5.91 Å². The van der Waals surface area contributed by atoms with E-state index in [2.05, 4.69) is 13.8 Å². The predicted octanol–water partition coefficient (Wildman–Crippen LogP) is 2.65. The van der Waals surface area contributed by atoms with E-state index in [0.717, 1.165) is 12.5 Å². The van der Waals surface area contributed by atoms with Crippen LogP contribution in [0.3, 0.4) is 0 Å². The highest BCUT2D eigenvalue weighted by atomic mass is 19.1. The van der Waals surface area contributed by atoms with Gasteiger partial charge in [-0.25, -0.2) is 4.39 Å². The molecule has 1 N–H and O–H groups in total. The van der Waals surface area contributed by atoms with Gasteiger partial charge in [0.25, 0.3) is 5.91 Å². The number of carbonyl (C=O) groups excluding carboxylic acids is 1. The quantitative estimate of drug-likeness (QED) is 0.897. The number of amides is 1. The van der Waals surface area contributed by atoms with E-state index in [1.54, 1.807) is 7.05 Å². The van der Waals surface area contributed by atoms with Crippen LogP contribution in [0.1, 0.15) is 30.6 Å². The van der Waals surface area contributed by atoms with Crippen molar-refractivity contribution in [1.29, 1.82) is 0 Å². The molecule has 98 valence electrons. The minimum Gasteiger partial charge on any atom is -0.508 e. The van der Waals surface area contributed by atoms with E-state index in [-0.39, 0.29) is 22.6 Å². The molecule has 1 amide bonds. The molecular formula is C14H18FNO2. The van der Waals surface area contributed by atoms with Crippen LogP contribution in [-0.2, 0) is 0 Å². The van der Waals surface area contributed by atoms with Gasteiger partial charge in [-0.2, -0.15) is 0 Å². The second-order valence-electron chi connectivity index (χ2n) is 5.74. The highest BCUT2D eigenvalue weighted by molar-refractivity contribution is 5.94. The zero-order valence-corrected chi connectivity index (χ0v) is 10.9. The molecule has 0 heterocycles. The highest BCUT2D eigenvalue weighted by Gasteiger charge is 2.46. The molecule has 0 bridgehead atoms. The summed E-state index contributed by atoms with van der Waals surface area (Å²) in [6.45, 7) is 4.94. The van der Waals surface area contributed by atoms with Crippen molar-refractivity contribution in [2.45, 2.75) is 20.3 Å². The van der Waals surface area contributed by atoms with Crippen LogP contribution in [0.4, 0.5) is 4.39 Å². The third kappa shape index (κ3) is 2.47. The van der Waals surface area contributed by atoms with Gasteiger partial charge in [0.1, 0.15) is 11.6 Å². The number of hydrogen-bond donors (Lipinski definition) is 1. The number of phenolic OH excluding ortho intramolecular Hbond substituents is 1. The Kier molecular flexibility index (Phi) is 3.05. The van der Waals surface area contributed by atoms with Gasteiger partial charge in [0.2, 0.25) is 0 Å². The molecule has 1 atom stereocenters. The number of halogens is 1. The van der Waals surface area contributed by atoms with Gasteiger partial charge in [0.15, 0.2) is 0 Å². The topological polar surface area (TPSA) is 40.5 Å². The minimum absolute atomic E-state index is 0.0732. The molecule has 1 saturated carbocycles. The third-order valence-electron chi connectivity index (χ3n) is 3.74. The van der Waals surface area contributed by atoms with Gasteiger partial charge in [0, 0.05) is 13.6 Å². The molecule has 0 saturated heterocycles. The molecule has 0 aromatic heterocycles. The van der Waals surface area contributed by atoms with Crippen LogP contribution in [0.15, 0.2) is 18.2 Å². The Morgan fingerprint density at radius 2 is 2.17 bits per heavy atom. The molecule has 0 aliphatic heterocycles. The molecule has 1 aromatic rings. The molecule has 1 unspecified atom stereocenters. The maximum Gasteiger partial charge on any atom is 0.256 e. The second-order valence-corrected chi connectivity index (χ2v) is 5.74. The lowest BCUT2D eigenvalue weighted by Crippen LogP contribution is -2.30.